The Morgan fingerprint density at radius 2 is 0.667 bits per heavy atom. The van der Waals surface area contributed by atoms with E-state index >= 15 is 0 Å². The first-order valence-electron chi connectivity index (χ1n) is 1.83. The van der Waals surface area contributed by atoms with Crippen LogP contribution in [0.1, 0.15) is 0 Å². The van der Waals surface area contributed by atoms with Crippen molar-refractivity contribution in [3.05, 3.63) is 50.9 Å². The Kier molecular flexibility index (Phi) is 168. The van der Waals surface area contributed by atoms with Crippen LogP contribution in [0.3, 0.4) is 0 Å². The average Bonchev–Trinajstić information content (AvgIpc) is 1.85. The van der Waals surface area contributed by atoms with Crippen molar-refractivity contribution < 1.29 is 172 Å². The summed E-state index contributed by atoms with van der Waals surface area (Å²) in [5.74, 6) is 0. The van der Waals surface area contributed by atoms with Crippen LogP contribution in [0.25, 0.3) is 0 Å². The molecule has 14 nitrogen and oxygen atoms in total. The predicted octanol–water partition coefficient (Wildman–Crippen LogP) is -12.0. The second-order valence-electron chi connectivity index (χ2n) is 0.596. The molecule has 0 unspecified atom stereocenters. The smallest absolute Gasteiger partial charge is 0.444 e. The number of rotatable bonds is 0. The fourth-order valence-electron chi connectivity index (χ4n) is 0. The molecule has 0 aliphatic heterocycles. The molecular formula is K2N4Na2O10. The zero-order chi connectivity index (χ0) is 12.6. The maximum Gasteiger partial charge on any atom is 1.00 e. The van der Waals surface area contributed by atoms with Crippen LogP contribution in [0.2, 0.25) is 0 Å². The first-order chi connectivity index (χ1) is 6.29. The molecule has 0 aromatic carbocycles. The van der Waals surface area contributed by atoms with Gasteiger partial charge in [-0.05, 0) is 0 Å². The maximum atomic E-state index is 8.25. The van der Waals surface area contributed by atoms with Gasteiger partial charge in [-0.3, -0.25) is 0 Å². The van der Waals surface area contributed by atoms with Gasteiger partial charge in [-0.2, -0.15) is 0 Å². The number of hydrogen-bond donors (Lipinski definition) is 0. The van der Waals surface area contributed by atoms with Gasteiger partial charge in [-0.25, -0.2) is 0 Å². The normalized spacial score (nSPS) is 4.00. The second kappa shape index (κ2) is 60.6. The van der Waals surface area contributed by atoms with Gasteiger partial charge < -0.3 is 50.9 Å². The molecule has 0 aromatic rings. The van der Waals surface area contributed by atoms with Crippen LogP contribution >= 0.6 is 0 Å². The van der Waals surface area contributed by atoms with Crippen molar-refractivity contribution in [1.82, 2.24) is 0 Å². The summed E-state index contributed by atoms with van der Waals surface area (Å²) in [4.78, 5) is 32.5. The summed E-state index contributed by atoms with van der Waals surface area (Å²) in [6, 6.07) is 0. The molecule has 0 aliphatic carbocycles. The zero-order valence-corrected chi connectivity index (χ0v) is 20.1. The summed E-state index contributed by atoms with van der Waals surface area (Å²) < 4.78 is 0. The molecule has 0 fully saturated rings. The Labute approximate surface area is 228 Å². The molecule has 0 heterocycles. The van der Waals surface area contributed by atoms with Crippen LogP contribution in [0.4, 0.5) is 0 Å². The van der Waals surface area contributed by atoms with Crippen molar-refractivity contribution in [1.29, 1.82) is 0 Å². The molecule has 0 radical (unpaired) electrons. The molecule has 0 spiro atoms. The molecule has 18 heteroatoms. The first-order valence-corrected chi connectivity index (χ1v) is 1.83. The summed E-state index contributed by atoms with van der Waals surface area (Å²) in [7, 11) is 0. The minimum absolute atomic E-state index is 0. The van der Waals surface area contributed by atoms with Crippen molar-refractivity contribution in [2.45, 2.75) is 0 Å². The van der Waals surface area contributed by atoms with Crippen LogP contribution in [0, 0.1) is 50.9 Å². The van der Waals surface area contributed by atoms with Gasteiger partial charge in [-0.1, -0.05) is 0 Å². The van der Waals surface area contributed by atoms with Crippen LogP contribution in [-0.2, 0) is 0 Å². The van der Waals surface area contributed by atoms with Crippen LogP contribution in [-0.4, -0.2) is 10.2 Å². The SMILES string of the molecule is O=N[O-].O=N[O-].O=[N+]([O-])[O-].O=[N+]([O-])[O-].[K+].[K+].[Na+].[Na+]. The summed E-state index contributed by atoms with van der Waals surface area (Å²) >= 11 is 0. The van der Waals surface area contributed by atoms with E-state index in [4.69, 9.17) is 50.9 Å². The van der Waals surface area contributed by atoms with E-state index in [1.165, 1.54) is 0 Å². The molecule has 18 heavy (non-hydrogen) atoms. The molecule has 0 saturated carbocycles. The Hall–Kier alpha value is 2.47. The van der Waals surface area contributed by atoms with Crippen molar-refractivity contribution in [3.63, 3.8) is 0 Å². The van der Waals surface area contributed by atoms with E-state index in [0.29, 0.717) is 0 Å². The van der Waals surface area contributed by atoms with Gasteiger partial charge in [0.05, 0.1) is 10.2 Å². The van der Waals surface area contributed by atoms with E-state index in [-0.39, 0.29) is 162 Å². The molecule has 0 amide bonds. The predicted molar refractivity (Wildman–Crippen MR) is 39.0 cm³/mol. The van der Waals surface area contributed by atoms with Crippen LogP contribution < -0.4 is 162 Å². The van der Waals surface area contributed by atoms with Crippen molar-refractivity contribution in [2.75, 3.05) is 0 Å². The molecule has 0 atom stereocenters. The molecular weight excluding hydrogens is 340 g/mol. The standard InChI is InChI=1S/2K.2NO3.2HNO2.2Na/c;;2*2-1(3)4;2*2-1-3;;/h;;;;2*(H,2,3);;/q2*+1;2*-1;;;2*+1/p-2. The fourth-order valence-corrected chi connectivity index (χ4v) is 0. The zero-order valence-electron chi connectivity index (χ0n) is 9.87. The van der Waals surface area contributed by atoms with E-state index in [9.17, 15) is 0 Å². The topological polar surface area (TPSA) is 237 Å². The quantitative estimate of drug-likeness (QED) is 0.174. The fraction of sp³-hybridized carbons (Fsp3) is 0. The summed E-state index contributed by atoms with van der Waals surface area (Å²) in [5, 5.41) is 47.5. The Morgan fingerprint density at radius 3 is 0.667 bits per heavy atom. The molecule has 84 valence electrons. The number of hydrogen-bond acceptors (Lipinski definition) is 12. The molecule has 0 N–H and O–H groups in total. The third-order valence-electron chi connectivity index (χ3n) is 0. The van der Waals surface area contributed by atoms with E-state index < -0.39 is 10.2 Å². The third kappa shape index (κ3) is 922. The van der Waals surface area contributed by atoms with Gasteiger partial charge >= 0.3 is 162 Å². The Morgan fingerprint density at radius 1 is 0.667 bits per heavy atom. The monoisotopic (exact) mass is 340 g/mol. The third-order valence-corrected chi connectivity index (χ3v) is 0. The van der Waals surface area contributed by atoms with Gasteiger partial charge in [0.2, 0.25) is 0 Å². The minimum atomic E-state index is -1.75. The second-order valence-corrected chi connectivity index (χ2v) is 0.596. The molecule has 0 rings (SSSR count). The largest absolute Gasteiger partial charge is 1.00 e. The number of nitrogens with zero attached hydrogens (tertiary/aromatic N) is 4. The Balaban J connectivity index is -0.0000000116. The van der Waals surface area contributed by atoms with Crippen molar-refractivity contribution >= 4 is 0 Å². The molecule has 0 aliphatic rings. The van der Waals surface area contributed by atoms with Gasteiger partial charge in [0.15, 0.2) is 0 Å². The minimum Gasteiger partial charge on any atom is -0.444 e. The van der Waals surface area contributed by atoms with Crippen LogP contribution in [0.15, 0.2) is 10.7 Å². The van der Waals surface area contributed by atoms with E-state index in [1.54, 1.807) is 0 Å². The first kappa shape index (κ1) is 49.9. The maximum absolute atomic E-state index is 8.25. The summed E-state index contributed by atoms with van der Waals surface area (Å²) in [5.41, 5.74) is 0. The molecule has 0 bridgehead atoms. The summed E-state index contributed by atoms with van der Waals surface area (Å²) in [6.07, 6.45) is 0. The van der Waals surface area contributed by atoms with E-state index in [0.717, 1.165) is 10.7 Å². The van der Waals surface area contributed by atoms with Crippen LogP contribution in [0.5, 0.6) is 0 Å². The van der Waals surface area contributed by atoms with Gasteiger partial charge in [0.1, 0.15) is 0 Å². The van der Waals surface area contributed by atoms with E-state index in [2.05, 4.69) is 0 Å². The van der Waals surface area contributed by atoms with Crippen molar-refractivity contribution in [3.8, 4) is 0 Å². The molecule has 0 aromatic heterocycles. The van der Waals surface area contributed by atoms with Crippen molar-refractivity contribution in [2.24, 2.45) is 10.7 Å². The van der Waals surface area contributed by atoms with E-state index in [1.807, 2.05) is 0 Å². The van der Waals surface area contributed by atoms with Gasteiger partial charge in [-0.15, -0.1) is 10.7 Å². The molecule has 0 saturated heterocycles. The summed E-state index contributed by atoms with van der Waals surface area (Å²) in [6.45, 7) is 0. The Bertz CT molecular complexity index is 142. The van der Waals surface area contributed by atoms with Gasteiger partial charge in [0, 0.05) is 0 Å². The van der Waals surface area contributed by atoms with Gasteiger partial charge in [0.25, 0.3) is 0 Å². The average molecular weight is 340 g/mol.